The average molecular weight is 373 g/mol. The third-order valence-corrected chi connectivity index (χ3v) is 6.67. The third-order valence-electron chi connectivity index (χ3n) is 6.67. The van der Waals surface area contributed by atoms with Gasteiger partial charge in [-0.1, -0.05) is 13.8 Å². The Hall–Kier alpha value is -1.85. The first-order valence-electron chi connectivity index (χ1n) is 10.5. The topological polar surface area (TPSA) is 58.6 Å². The van der Waals surface area contributed by atoms with Crippen LogP contribution in [0.5, 0.6) is 5.75 Å². The Morgan fingerprint density at radius 1 is 1.22 bits per heavy atom. The van der Waals surface area contributed by atoms with E-state index in [-0.39, 0.29) is 0 Å². The number of amides is 1. The summed E-state index contributed by atoms with van der Waals surface area (Å²) in [4.78, 5) is 26.5. The van der Waals surface area contributed by atoms with Crippen molar-refractivity contribution in [2.24, 2.45) is 17.8 Å². The van der Waals surface area contributed by atoms with Crippen molar-refractivity contribution in [3.05, 3.63) is 12.4 Å². The molecule has 148 valence electrons. The average Bonchev–Trinajstić information content (AvgIpc) is 2.68. The van der Waals surface area contributed by atoms with Crippen LogP contribution in [0.1, 0.15) is 52.4 Å². The molecule has 4 rings (SSSR count). The molecule has 3 aliphatic heterocycles. The summed E-state index contributed by atoms with van der Waals surface area (Å²) in [6.07, 6.45) is 9.97. The molecular formula is C21H32N4O2. The number of aromatic nitrogens is 2. The molecule has 6 nitrogen and oxygen atoms in total. The fraction of sp³-hybridized carbons (Fsp3) is 0.762. The van der Waals surface area contributed by atoms with Crippen LogP contribution in [-0.4, -0.2) is 53.1 Å². The molecule has 0 spiro atoms. The van der Waals surface area contributed by atoms with E-state index in [4.69, 9.17) is 4.74 Å². The molecule has 1 aromatic rings. The quantitative estimate of drug-likeness (QED) is 0.795. The van der Waals surface area contributed by atoms with Gasteiger partial charge in [0.2, 0.25) is 11.9 Å². The number of hydrogen-bond donors (Lipinski definition) is 0. The highest BCUT2D eigenvalue weighted by molar-refractivity contribution is 5.78. The molecule has 27 heavy (non-hydrogen) atoms. The van der Waals surface area contributed by atoms with Crippen LogP contribution in [0.3, 0.4) is 0 Å². The number of fused-ring (bicyclic) bond motifs is 4. The van der Waals surface area contributed by atoms with Crippen molar-refractivity contribution in [2.45, 2.75) is 64.5 Å². The maximum Gasteiger partial charge on any atom is 0.225 e. The molecule has 0 radical (unpaired) electrons. The number of carbonyl (C=O) groups excluding carboxylic acids is 1. The summed E-state index contributed by atoms with van der Waals surface area (Å²) in [6.45, 7) is 6.45. The van der Waals surface area contributed by atoms with Crippen molar-refractivity contribution in [1.29, 1.82) is 0 Å². The van der Waals surface area contributed by atoms with E-state index in [2.05, 4.69) is 33.6 Å². The molecule has 0 unspecified atom stereocenters. The molecule has 2 bridgehead atoms. The van der Waals surface area contributed by atoms with Gasteiger partial charge in [-0.05, 0) is 49.9 Å². The number of ether oxygens (including phenoxy) is 1. The van der Waals surface area contributed by atoms with Gasteiger partial charge in [0.05, 0.1) is 19.5 Å². The monoisotopic (exact) mass is 372 g/mol. The molecule has 6 heteroatoms. The Kier molecular flexibility index (Phi) is 5.24. The van der Waals surface area contributed by atoms with Gasteiger partial charge >= 0.3 is 0 Å². The molecular weight excluding hydrogens is 340 g/mol. The summed E-state index contributed by atoms with van der Waals surface area (Å²) in [6, 6.07) is 0.781. The summed E-state index contributed by atoms with van der Waals surface area (Å²) < 4.78 is 5.20. The summed E-state index contributed by atoms with van der Waals surface area (Å²) in [5.74, 6) is 3.61. The Labute approximate surface area is 162 Å². The maximum atomic E-state index is 12.8. The summed E-state index contributed by atoms with van der Waals surface area (Å²) in [5.41, 5.74) is 0. The van der Waals surface area contributed by atoms with Crippen LogP contribution in [0.2, 0.25) is 0 Å². The van der Waals surface area contributed by atoms with E-state index in [1.54, 1.807) is 19.5 Å². The van der Waals surface area contributed by atoms with Gasteiger partial charge in [0, 0.05) is 31.6 Å². The van der Waals surface area contributed by atoms with E-state index >= 15 is 0 Å². The van der Waals surface area contributed by atoms with Gasteiger partial charge in [0.1, 0.15) is 0 Å². The lowest BCUT2D eigenvalue weighted by atomic mass is 9.71. The highest BCUT2D eigenvalue weighted by atomic mass is 16.5. The first kappa shape index (κ1) is 18.5. The van der Waals surface area contributed by atoms with E-state index in [1.165, 1.54) is 12.8 Å². The van der Waals surface area contributed by atoms with Crippen LogP contribution in [0, 0.1) is 17.8 Å². The van der Waals surface area contributed by atoms with E-state index in [9.17, 15) is 4.79 Å². The Balaban J connectivity index is 1.58. The SMILES string of the molecule is COc1cnc(N2C[C@H]3C[C@@H](C2)[C@H](CCC(C)C)N2C(=O)CCC[C@@H]32)nc1. The lowest BCUT2D eigenvalue weighted by Crippen LogP contribution is -2.65. The van der Waals surface area contributed by atoms with Crippen LogP contribution in [0.25, 0.3) is 0 Å². The molecule has 3 saturated heterocycles. The second-order valence-corrected chi connectivity index (χ2v) is 8.88. The largest absolute Gasteiger partial charge is 0.494 e. The number of nitrogens with zero attached hydrogens (tertiary/aromatic N) is 4. The molecule has 4 atom stereocenters. The second-order valence-electron chi connectivity index (χ2n) is 8.88. The van der Waals surface area contributed by atoms with Crippen LogP contribution >= 0.6 is 0 Å². The fourth-order valence-corrected chi connectivity index (χ4v) is 5.39. The zero-order chi connectivity index (χ0) is 19.0. The molecule has 4 heterocycles. The Bertz CT molecular complexity index is 663. The minimum absolute atomic E-state index is 0.377. The third kappa shape index (κ3) is 3.63. The first-order chi connectivity index (χ1) is 13.1. The molecule has 0 aromatic carbocycles. The first-order valence-corrected chi connectivity index (χ1v) is 10.5. The van der Waals surface area contributed by atoms with Crippen LogP contribution in [-0.2, 0) is 4.79 Å². The van der Waals surface area contributed by atoms with Crippen LogP contribution < -0.4 is 9.64 Å². The number of anilines is 1. The molecule has 3 fully saturated rings. The highest BCUT2D eigenvalue weighted by Crippen LogP contribution is 2.43. The normalized spacial score (nSPS) is 30.4. The lowest BCUT2D eigenvalue weighted by molar-refractivity contribution is -0.149. The predicted molar refractivity (Wildman–Crippen MR) is 105 cm³/mol. The fourth-order valence-electron chi connectivity index (χ4n) is 5.39. The van der Waals surface area contributed by atoms with Gasteiger partial charge < -0.3 is 14.5 Å². The van der Waals surface area contributed by atoms with Crippen molar-refractivity contribution < 1.29 is 9.53 Å². The zero-order valence-corrected chi connectivity index (χ0v) is 16.8. The van der Waals surface area contributed by atoms with Crippen molar-refractivity contribution in [3.8, 4) is 5.75 Å². The van der Waals surface area contributed by atoms with Gasteiger partial charge in [-0.25, -0.2) is 9.97 Å². The van der Waals surface area contributed by atoms with Crippen molar-refractivity contribution in [1.82, 2.24) is 14.9 Å². The summed E-state index contributed by atoms with van der Waals surface area (Å²) >= 11 is 0. The van der Waals surface area contributed by atoms with Crippen molar-refractivity contribution in [2.75, 3.05) is 25.1 Å². The number of methoxy groups -OCH3 is 1. The van der Waals surface area contributed by atoms with E-state index < -0.39 is 0 Å². The van der Waals surface area contributed by atoms with E-state index in [0.29, 0.717) is 41.5 Å². The molecule has 0 saturated carbocycles. The highest BCUT2D eigenvalue weighted by Gasteiger charge is 2.49. The van der Waals surface area contributed by atoms with Crippen LogP contribution in [0.4, 0.5) is 5.95 Å². The zero-order valence-electron chi connectivity index (χ0n) is 16.8. The smallest absolute Gasteiger partial charge is 0.225 e. The molecule has 1 aromatic heterocycles. The minimum Gasteiger partial charge on any atom is -0.494 e. The minimum atomic E-state index is 0.377. The van der Waals surface area contributed by atoms with Crippen molar-refractivity contribution in [3.63, 3.8) is 0 Å². The van der Waals surface area contributed by atoms with Gasteiger partial charge in [-0.15, -0.1) is 0 Å². The van der Waals surface area contributed by atoms with Gasteiger partial charge in [0.25, 0.3) is 0 Å². The molecule has 1 amide bonds. The number of carbonyl (C=O) groups is 1. The number of hydrogen-bond acceptors (Lipinski definition) is 5. The summed E-state index contributed by atoms with van der Waals surface area (Å²) in [7, 11) is 1.64. The van der Waals surface area contributed by atoms with E-state index in [0.717, 1.165) is 44.7 Å². The maximum absolute atomic E-state index is 12.8. The van der Waals surface area contributed by atoms with Gasteiger partial charge in [-0.2, -0.15) is 0 Å². The summed E-state index contributed by atoms with van der Waals surface area (Å²) in [5, 5.41) is 0. The van der Waals surface area contributed by atoms with Gasteiger partial charge in [-0.3, -0.25) is 4.79 Å². The van der Waals surface area contributed by atoms with Crippen molar-refractivity contribution >= 4 is 11.9 Å². The number of rotatable bonds is 5. The lowest BCUT2D eigenvalue weighted by Gasteiger charge is -2.56. The molecule has 0 N–H and O–H groups in total. The second kappa shape index (κ2) is 7.64. The standard InChI is InChI=1S/C21H32N4O2/c1-14(2)7-8-19-16-9-15(18-5-4-6-20(26)25(18)19)12-24(13-16)21-22-10-17(27-3)11-23-21/h10-11,14-16,18-19H,4-9,12-13H2,1-3H3/t15-,16+,18+,19+/m1/s1. The predicted octanol–water partition coefficient (Wildman–Crippen LogP) is 3.13. The molecule has 0 aliphatic carbocycles. The Morgan fingerprint density at radius 2 is 1.96 bits per heavy atom. The van der Waals surface area contributed by atoms with Crippen LogP contribution in [0.15, 0.2) is 12.4 Å². The van der Waals surface area contributed by atoms with Gasteiger partial charge in [0.15, 0.2) is 5.75 Å². The molecule has 3 aliphatic rings. The van der Waals surface area contributed by atoms with E-state index in [1.807, 2.05) is 0 Å². The number of piperidine rings is 3. The Morgan fingerprint density at radius 3 is 2.67 bits per heavy atom.